The summed E-state index contributed by atoms with van der Waals surface area (Å²) in [6.45, 7) is 4.21. The van der Waals surface area contributed by atoms with Crippen LogP contribution in [0.5, 0.6) is 5.75 Å². The lowest BCUT2D eigenvalue weighted by Crippen LogP contribution is -2.46. The first-order valence-corrected chi connectivity index (χ1v) is 6.69. The molecule has 1 aromatic carbocycles. The second-order valence-electron chi connectivity index (χ2n) is 6.37. The van der Waals surface area contributed by atoms with Crippen molar-refractivity contribution >= 4 is 0 Å². The van der Waals surface area contributed by atoms with Crippen LogP contribution in [0.4, 0.5) is 17.6 Å². The Morgan fingerprint density at radius 2 is 1.81 bits per heavy atom. The normalized spacial score (nSPS) is 18.1. The second kappa shape index (κ2) is 4.87. The van der Waals surface area contributed by atoms with Gasteiger partial charge in [-0.05, 0) is 30.9 Å². The van der Waals surface area contributed by atoms with Gasteiger partial charge in [0.1, 0.15) is 11.6 Å². The molecule has 1 heterocycles. The summed E-state index contributed by atoms with van der Waals surface area (Å²) in [7, 11) is 0. The summed E-state index contributed by atoms with van der Waals surface area (Å²) < 4.78 is 57.8. The number of benzene rings is 1. The Bertz CT molecular complexity index is 547. The highest BCUT2D eigenvalue weighted by molar-refractivity contribution is 5.48. The predicted molar refractivity (Wildman–Crippen MR) is 69.9 cm³/mol. The van der Waals surface area contributed by atoms with Crippen molar-refractivity contribution in [3.05, 3.63) is 29.1 Å². The van der Waals surface area contributed by atoms with Gasteiger partial charge in [-0.3, -0.25) is 0 Å². The van der Waals surface area contributed by atoms with E-state index in [1.807, 2.05) is 0 Å². The lowest BCUT2D eigenvalue weighted by Gasteiger charge is -2.36. The summed E-state index contributed by atoms with van der Waals surface area (Å²) in [5, 5.41) is 9.71. The minimum absolute atomic E-state index is 0.361. The molecule has 6 heteroatoms. The van der Waals surface area contributed by atoms with Gasteiger partial charge in [0.25, 0.3) is 0 Å². The average molecular weight is 306 g/mol. The molecule has 2 rings (SSSR count). The minimum Gasteiger partial charge on any atom is -0.493 e. The van der Waals surface area contributed by atoms with E-state index in [2.05, 4.69) is 0 Å². The van der Waals surface area contributed by atoms with E-state index in [1.165, 1.54) is 12.1 Å². The molecule has 0 fully saturated rings. The molecule has 0 amide bonds. The van der Waals surface area contributed by atoms with Crippen molar-refractivity contribution in [2.75, 3.05) is 6.61 Å². The topological polar surface area (TPSA) is 29.5 Å². The SMILES string of the molecule is CC(C)(C[C@](C)(O)C(F)(F)F)c1cc(F)cc2c1OCC2. The number of alkyl halides is 3. The van der Waals surface area contributed by atoms with Gasteiger partial charge in [0, 0.05) is 17.5 Å². The molecule has 0 radical (unpaired) electrons. The standard InChI is InChI=1S/C15H18F4O2/c1-13(2,8-14(3,20)15(17,18)19)11-7-10(16)6-9-4-5-21-12(9)11/h6-7,20H,4-5,8H2,1-3H3/t14-/m0/s1. The fraction of sp³-hybridized carbons (Fsp3) is 0.600. The van der Waals surface area contributed by atoms with E-state index in [4.69, 9.17) is 4.74 Å². The third-order valence-electron chi connectivity index (χ3n) is 3.87. The summed E-state index contributed by atoms with van der Waals surface area (Å²) in [4.78, 5) is 0. The molecule has 0 saturated heterocycles. The molecule has 1 aromatic rings. The van der Waals surface area contributed by atoms with Crippen molar-refractivity contribution in [2.24, 2.45) is 0 Å². The fourth-order valence-corrected chi connectivity index (χ4v) is 2.83. The maximum Gasteiger partial charge on any atom is 0.416 e. The van der Waals surface area contributed by atoms with Gasteiger partial charge in [0.05, 0.1) is 6.61 Å². The molecule has 1 atom stereocenters. The molecule has 0 unspecified atom stereocenters. The van der Waals surface area contributed by atoms with E-state index in [0.717, 1.165) is 6.92 Å². The molecule has 1 aliphatic heterocycles. The highest BCUT2D eigenvalue weighted by atomic mass is 19.4. The Morgan fingerprint density at radius 1 is 1.19 bits per heavy atom. The highest BCUT2D eigenvalue weighted by Gasteiger charge is 2.52. The first-order valence-electron chi connectivity index (χ1n) is 6.69. The van der Waals surface area contributed by atoms with Crippen LogP contribution >= 0.6 is 0 Å². The van der Waals surface area contributed by atoms with Gasteiger partial charge in [-0.25, -0.2) is 4.39 Å². The molecular formula is C15H18F4O2. The molecule has 21 heavy (non-hydrogen) atoms. The lowest BCUT2D eigenvalue weighted by molar-refractivity contribution is -0.259. The summed E-state index contributed by atoms with van der Waals surface area (Å²) in [5.41, 5.74) is -2.92. The number of fused-ring (bicyclic) bond motifs is 1. The monoisotopic (exact) mass is 306 g/mol. The van der Waals surface area contributed by atoms with E-state index >= 15 is 0 Å². The van der Waals surface area contributed by atoms with E-state index in [0.29, 0.717) is 29.9 Å². The maximum atomic E-state index is 13.7. The van der Waals surface area contributed by atoms with Crippen molar-refractivity contribution in [1.82, 2.24) is 0 Å². The third-order valence-corrected chi connectivity index (χ3v) is 3.87. The number of aliphatic hydroxyl groups is 1. The molecule has 2 nitrogen and oxygen atoms in total. The quantitative estimate of drug-likeness (QED) is 0.862. The van der Waals surface area contributed by atoms with Gasteiger partial charge in [-0.1, -0.05) is 13.8 Å². The van der Waals surface area contributed by atoms with Crippen LogP contribution in [0, 0.1) is 5.82 Å². The van der Waals surface area contributed by atoms with Crippen LogP contribution in [0.3, 0.4) is 0 Å². The lowest BCUT2D eigenvalue weighted by atomic mass is 9.74. The van der Waals surface area contributed by atoms with Crippen LogP contribution in [0.1, 0.15) is 38.3 Å². The van der Waals surface area contributed by atoms with Gasteiger partial charge in [0.15, 0.2) is 5.60 Å². The summed E-state index contributed by atoms with van der Waals surface area (Å²) >= 11 is 0. The van der Waals surface area contributed by atoms with Crippen molar-refractivity contribution < 1.29 is 27.4 Å². The van der Waals surface area contributed by atoms with Gasteiger partial charge in [-0.15, -0.1) is 0 Å². The first kappa shape index (κ1) is 16.1. The maximum absolute atomic E-state index is 13.7. The number of hydrogen-bond acceptors (Lipinski definition) is 2. The van der Waals surface area contributed by atoms with Crippen LogP contribution in [0.25, 0.3) is 0 Å². The zero-order valence-electron chi connectivity index (χ0n) is 12.1. The molecule has 0 bridgehead atoms. The molecule has 0 spiro atoms. The van der Waals surface area contributed by atoms with Gasteiger partial charge in [-0.2, -0.15) is 13.2 Å². The van der Waals surface area contributed by atoms with Crippen molar-refractivity contribution in [2.45, 2.75) is 50.8 Å². The number of halogens is 4. The Balaban J connectivity index is 2.41. The fourth-order valence-electron chi connectivity index (χ4n) is 2.83. The van der Waals surface area contributed by atoms with E-state index in [9.17, 15) is 22.7 Å². The van der Waals surface area contributed by atoms with Crippen LogP contribution in [-0.4, -0.2) is 23.5 Å². The zero-order valence-corrected chi connectivity index (χ0v) is 12.1. The van der Waals surface area contributed by atoms with Crippen molar-refractivity contribution in [1.29, 1.82) is 0 Å². The first-order chi connectivity index (χ1) is 9.44. The molecule has 0 saturated carbocycles. The average Bonchev–Trinajstić information content (AvgIpc) is 2.72. The van der Waals surface area contributed by atoms with Crippen molar-refractivity contribution in [3.63, 3.8) is 0 Å². The molecule has 1 N–H and O–H groups in total. The van der Waals surface area contributed by atoms with Crippen LogP contribution in [0.15, 0.2) is 12.1 Å². The predicted octanol–water partition coefficient (Wildman–Crippen LogP) is 3.74. The van der Waals surface area contributed by atoms with Crippen LogP contribution in [-0.2, 0) is 11.8 Å². The summed E-state index contributed by atoms with van der Waals surface area (Å²) in [6, 6.07) is 2.53. The Labute approximate surface area is 120 Å². The Hall–Kier alpha value is -1.30. The van der Waals surface area contributed by atoms with Gasteiger partial charge in [0.2, 0.25) is 0 Å². The van der Waals surface area contributed by atoms with E-state index < -0.39 is 29.4 Å². The summed E-state index contributed by atoms with van der Waals surface area (Å²) in [6.07, 6.45) is -4.80. The number of hydrogen-bond donors (Lipinski definition) is 1. The highest BCUT2D eigenvalue weighted by Crippen LogP contribution is 2.45. The third kappa shape index (κ3) is 3.00. The number of rotatable bonds is 3. The van der Waals surface area contributed by atoms with Gasteiger partial charge >= 0.3 is 6.18 Å². The van der Waals surface area contributed by atoms with Crippen LogP contribution in [0.2, 0.25) is 0 Å². The zero-order chi connectivity index (χ0) is 16.1. The molecular weight excluding hydrogens is 288 g/mol. The number of ether oxygens (including phenoxy) is 1. The summed E-state index contributed by atoms with van der Waals surface area (Å²) in [5.74, 6) is -0.0617. The van der Waals surface area contributed by atoms with Crippen molar-refractivity contribution in [3.8, 4) is 5.75 Å². The van der Waals surface area contributed by atoms with Gasteiger partial charge < -0.3 is 9.84 Å². The Kier molecular flexibility index (Phi) is 3.72. The largest absolute Gasteiger partial charge is 0.493 e. The van der Waals surface area contributed by atoms with E-state index in [1.54, 1.807) is 13.8 Å². The Morgan fingerprint density at radius 3 is 2.38 bits per heavy atom. The second-order valence-corrected chi connectivity index (χ2v) is 6.37. The smallest absolute Gasteiger partial charge is 0.416 e. The molecule has 118 valence electrons. The van der Waals surface area contributed by atoms with Crippen LogP contribution < -0.4 is 4.74 Å². The van der Waals surface area contributed by atoms with E-state index in [-0.39, 0.29) is 0 Å². The molecule has 0 aliphatic carbocycles. The minimum atomic E-state index is -4.75. The molecule has 1 aliphatic rings. The molecule has 0 aromatic heterocycles.